The monoisotopic (exact) mass is 771 g/mol. The number of fused-ring (bicyclic) bond motifs is 3. The summed E-state index contributed by atoms with van der Waals surface area (Å²) >= 11 is 0. The van der Waals surface area contributed by atoms with Crippen LogP contribution in [0.4, 0.5) is 9.18 Å². The lowest BCUT2D eigenvalue weighted by atomic mass is 9.82. The van der Waals surface area contributed by atoms with Crippen molar-refractivity contribution in [3.05, 3.63) is 47.3 Å². The molecule has 2 saturated carbocycles. The second-order valence-electron chi connectivity index (χ2n) is 17.7. The highest BCUT2D eigenvalue weighted by Gasteiger charge is 2.63. The maximum Gasteiger partial charge on any atom is 0.410 e. The zero-order valence-electron chi connectivity index (χ0n) is 32.2. The number of allylic oxidation sites excluding steroid dienone is 2. The molecule has 6 rings (SSSR count). The Balaban J connectivity index is 1.29. The number of ether oxygens (including phenoxy) is 2. The Morgan fingerprint density at radius 1 is 1.07 bits per heavy atom. The van der Waals surface area contributed by atoms with Crippen molar-refractivity contribution >= 4 is 39.7 Å². The number of rotatable bonds is 6. The van der Waals surface area contributed by atoms with Crippen LogP contribution in [-0.4, -0.2) is 76.9 Å². The van der Waals surface area contributed by atoms with Crippen molar-refractivity contribution < 1.29 is 46.3 Å². The lowest BCUT2D eigenvalue weighted by Gasteiger charge is -2.32. The summed E-state index contributed by atoms with van der Waals surface area (Å²) in [7, 11) is -3.98. The highest BCUT2D eigenvalue weighted by atomic mass is 32.2. The van der Waals surface area contributed by atoms with E-state index in [1.54, 1.807) is 39.8 Å². The minimum absolute atomic E-state index is 0.0146. The number of Topliss-reactive ketones (excluding diaryl/α,β-unsaturated/α-hetero) is 1. The van der Waals surface area contributed by atoms with Gasteiger partial charge in [0, 0.05) is 24.9 Å². The van der Waals surface area contributed by atoms with Gasteiger partial charge in [0.2, 0.25) is 21.8 Å². The fourth-order valence-electron chi connectivity index (χ4n) is 8.38. The van der Waals surface area contributed by atoms with Gasteiger partial charge < -0.3 is 14.4 Å². The van der Waals surface area contributed by atoms with Crippen molar-refractivity contribution in [1.29, 1.82) is 0 Å². The summed E-state index contributed by atoms with van der Waals surface area (Å²) in [4.78, 5) is 72.6. The molecule has 2 aliphatic carbocycles. The van der Waals surface area contributed by atoms with E-state index in [1.807, 2.05) is 19.1 Å². The minimum Gasteiger partial charge on any atom is -0.460 e. The van der Waals surface area contributed by atoms with E-state index < -0.39 is 79.3 Å². The molecule has 1 aromatic carbocycles. The van der Waals surface area contributed by atoms with Gasteiger partial charge in [-0.05, 0) is 95.6 Å². The summed E-state index contributed by atoms with van der Waals surface area (Å²) in [5, 5.41) is 0. The van der Waals surface area contributed by atoms with Crippen molar-refractivity contribution in [2.75, 3.05) is 6.54 Å². The minimum atomic E-state index is -3.98. The first-order valence-electron chi connectivity index (χ1n) is 19.2. The van der Waals surface area contributed by atoms with Crippen LogP contribution < -0.4 is 4.72 Å². The molecule has 0 unspecified atom stereocenters. The van der Waals surface area contributed by atoms with Crippen LogP contribution in [0.2, 0.25) is 0 Å². The number of halogens is 1. The van der Waals surface area contributed by atoms with E-state index in [0.29, 0.717) is 36.8 Å². The van der Waals surface area contributed by atoms with E-state index in [1.165, 1.54) is 15.9 Å². The van der Waals surface area contributed by atoms with Gasteiger partial charge in [0.1, 0.15) is 17.5 Å². The molecule has 12 nitrogen and oxygen atoms in total. The number of nitrogens with zero attached hydrogens (tertiary/aromatic N) is 2. The Bertz CT molecular complexity index is 1840. The average molecular weight is 772 g/mol. The van der Waals surface area contributed by atoms with Gasteiger partial charge in [-0.15, -0.1) is 0 Å². The molecule has 7 atom stereocenters. The molecule has 54 heavy (non-hydrogen) atoms. The van der Waals surface area contributed by atoms with E-state index in [0.717, 1.165) is 6.42 Å². The molecule has 0 radical (unpaired) electrons. The third kappa shape index (κ3) is 8.38. The van der Waals surface area contributed by atoms with Gasteiger partial charge in [-0.3, -0.25) is 28.8 Å². The number of hydrogen-bond acceptors (Lipinski definition) is 9. The van der Waals surface area contributed by atoms with Crippen LogP contribution in [0.5, 0.6) is 0 Å². The van der Waals surface area contributed by atoms with E-state index in [9.17, 15) is 36.8 Å². The van der Waals surface area contributed by atoms with Crippen LogP contribution in [0.3, 0.4) is 0 Å². The first-order valence-corrected chi connectivity index (χ1v) is 20.7. The van der Waals surface area contributed by atoms with Crippen molar-refractivity contribution in [3.63, 3.8) is 0 Å². The first kappa shape index (κ1) is 39.9. The number of carbonyl (C=O) groups is 5. The molecular formula is C40H54FN3O9S. The number of sulfonamides is 1. The highest BCUT2D eigenvalue weighted by Crippen LogP contribution is 2.57. The van der Waals surface area contributed by atoms with Crippen LogP contribution in [-0.2, 0) is 51.8 Å². The van der Waals surface area contributed by atoms with Gasteiger partial charge in [0.05, 0.1) is 41.6 Å². The van der Waals surface area contributed by atoms with Crippen molar-refractivity contribution in [2.45, 2.75) is 135 Å². The van der Waals surface area contributed by atoms with Crippen molar-refractivity contribution in [2.24, 2.45) is 29.1 Å². The SMILES string of the molecule is C[C@H]1CC/C=C\[C@@H]2C[C@@]2(C(=O)NS(=O)(=O)C2(C)CC2)CC(=O)[C@@H]2C[C@@H](OC(=O)N3Cc4cccc(F)c4C3)CN2C(=O)[C@@H](CC(=O)OC(C)(C)C)[C@H](C)C1. The Hall–Kier alpha value is -3.81. The topological polar surface area (TPSA) is 156 Å². The number of hydrogen-bond donors (Lipinski definition) is 1. The second-order valence-corrected chi connectivity index (χ2v) is 19.9. The molecule has 0 aromatic heterocycles. The standard InChI is InChI=1S/C40H54FN3O9S/c1-24-10-7-8-12-27-19-40(27,36(48)42-54(50,51)39(6)14-15-39)20-33(45)32-17-28(52-37(49)43-21-26-11-9-13-31(41)30(26)23-43)22-44(32)35(47)29(25(2)16-24)18-34(46)53-38(3,4)5/h8-9,11-13,24-25,27-29,32H,7,10,14-23H2,1-6H3,(H,42,48)/b12-8-/t24-,25+,27+,28+,29-,32-,40+/m0/s1. The molecule has 5 aliphatic rings. The molecule has 296 valence electrons. The predicted molar refractivity (Wildman–Crippen MR) is 196 cm³/mol. The Morgan fingerprint density at radius 3 is 2.46 bits per heavy atom. The maximum atomic E-state index is 14.7. The molecule has 0 spiro atoms. The lowest BCUT2D eigenvalue weighted by Crippen LogP contribution is -2.48. The normalized spacial score (nSPS) is 31.6. The van der Waals surface area contributed by atoms with Gasteiger partial charge in [0.25, 0.3) is 0 Å². The molecule has 3 amide bonds. The highest BCUT2D eigenvalue weighted by molar-refractivity contribution is 7.91. The number of amides is 3. The molecule has 1 N–H and O–H groups in total. The Morgan fingerprint density at radius 2 is 1.80 bits per heavy atom. The molecule has 3 fully saturated rings. The van der Waals surface area contributed by atoms with Gasteiger partial charge in [-0.2, -0.15) is 0 Å². The third-order valence-electron chi connectivity index (χ3n) is 12.1. The fraction of sp³-hybridized carbons (Fsp3) is 0.675. The van der Waals surface area contributed by atoms with Gasteiger partial charge in [-0.1, -0.05) is 38.1 Å². The summed E-state index contributed by atoms with van der Waals surface area (Å²) in [6.07, 6.45) is 4.89. The first-order chi connectivity index (χ1) is 25.2. The van der Waals surface area contributed by atoms with E-state index in [4.69, 9.17) is 9.47 Å². The molecule has 0 bridgehead atoms. The number of esters is 1. The van der Waals surface area contributed by atoms with Gasteiger partial charge in [-0.25, -0.2) is 17.6 Å². The van der Waals surface area contributed by atoms with E-state index in [-0.39, 0.29) is 63.1 Å². The average Bonchev–Trinajstić information content (AvgIpc) is 3.86. The molecule has 1 saturated heterocycles. The zero-order valence-corrected chi connectivity index (χ0v) is 33.0. The molecular weight excluding hydrogens is 718 g/mol. The van der Waals surface area contributed by atoms with Crippen molar-refractivity contribution in [1.82, 2.24) is 14.5 Å². The van der Waals surface area contributed by atoms with E-state index in [2.05, 4.69) is 11.6 Å². The number of ketones is 1. The summed E-state index contributed by atoms with van der Waals surface area (Å²) < 4.78 is 53.6. The summed E-state index contributed by atoms with van der Waals surface area (Å²) in [6.45, 7) is 10.9. The smallest absolute Gasteiger partial charge is 0.410 e. The maximum absolute atomic E-state index is 14.7. The Labute approximate surface area is 317 Å². The third-order valence-corrected chi connectivity index (χ3v) is 14.2. The predicted octanol–water partition coefficient (Wildman–Crippen LogP) is 5.57. The number of benzene rings is 1. The molecule has 3 heterocycles. The van der Waals surface area contributed by atoms with Crippen LogP contribution in [0, 0.1) is 34.9 Å². The quantitative estimate of drug-likeness (QED) is 0.289. The lowest BCUT2D eigenvalue weighted by molar-refractivity contribution is -0.160. The fourth-order valence-corrected chi connectivity index (χ4v) is 9.71. The number of carbonyl (C=O) groups excluding carboxylic acids is 5. The van der Waals surface area contributed by atoms with Gasteiger partial charge in [0.15, 0.2) is 5.78 Å². The molecule has 1 aromatic rings. The van der Waals surface area contributed by atoms with Crippen LogP contribution in [0.15, 0.2) is 30.4 Å². The summed E-state index contributed by atoms with van der Waals surface area (Å²) in [5.74, 6) is -3.93. The van der Waals surface area contributed by atoms with Gasteiger partial charge >= 0.3 is 12.1 Å². The summed E-state index contributed by atoms with van der Waals surface area (Å²) in [6, 6.07) is 3.54. The van der Waals surface area contributed by atoms with E-state index >= 15 is 0 Å². The molecule has 3 aliphatic heterocycles. The van der Waals surface area contributed by atoms with Crippen LogP contribution >= 0.6 is 0 Å². The Kier molecular flexibility index (Phi) is 10.8. The van der Waals surface area contributed by atoms with Crippen molar-refractivity contribution in [3.8, 4) is 0 Å². The largest absolute Gasteiger partial charge is 0.460 e. The number of nitrogens with one attached hydrogen (secondary N) is 1. The molecule has 14 heteroatoms. The summed E-state index contributed by atoms with van der Waals surface area (Å²) in [5.41, 5.74) is -1.04. The second kappa shape index (κ2) is 14.7. The van der Waals surface area contributed by atoms with Crippen LogP contribution in [0.25, 0.3) is 0 Å². The van der Waals surface area contributed by atoms with Crippen LogP contribution in [0.1, 0.15) is 110 Å². The zero-order chi connectivity index (χ0) is 39.4.